The Labute approximate surface area is 205 Å². The minimum absolute atomic E-state index is 0.0700. The van der Waals surface area contributed by atoms with Gasteiger partial charge in [-0.05, 0) is 59.0 Å². The van der Waals surface area contributed by atoms with Crippen LogP contribution in [0, 0.1) is 0 Å². The van der Waals surface area contributed by atoms with E-state index in [1.54, 1.807) is 50.8 Å². The van der Waals surface area contributed by atoms with Crippen molar-refractivity contribution >= 4 is 40.0 Å². The van der Waals surface area contributed by atoms with Crippen LogP contribution >= 0.6 is 0 Å². The molecule has 36 heavy (non-hydrogen) atoms. The number of piperazine rings is 1. The lowest BCUT2D eigenvalue weighted by atomic mass is 10.1. The van der Waals surface area contributed by atoms with Crippen molar-refractivity contribution < 1.29 is 9.59 Å². The number of nitrogens with one attached hydrogen (secondary N) is 1. The molecular weight excluding hydrogens is 458 g/mol. The molecule has 1 saturated heterocycles. The summed E-state index contributed by atoms with van der Waals surface area (Å²) in [5.41, 5.74) is 3.82. The Morgan fingerprint density at radius 3 is 2.28 bits per heavy atom. The molecule has 3 aromatic heterocycles. The molecular formula is C25H21N9O2. The fraction of sp³-hybridized carbons (Fsp3) is 0.160. The number of amides is 2. The number of carbonyl (C=O) groups excluding carboxylic acids is 2. The van der Waals surface area contributed by atoms with E-state index in [9.17, 15) is 9.59 Å². The smallest absolute Gasteiger partial charge is 0.272 e. The molecule has 0 unspecified atom stereocenters. The molecule has 2 aromatic carbocycles. The van der Waals surface area contributed by atoms with Crippen LogP contribution in [-0.4, -0.2) is 77.8 Å². The van der Waals surface area contributed by atoms with E-state index in [-0.39, 0.29) is 11.8 Å². The number of carbonyl (C=O) groups is 2. The van der Waals surface area contributed by atoms with Crippen molar-refractivity contribution in [3.63, 3.8) is 0 Å². The zero-order chi connectivity index (χ0) is 24.5. The molecule has 1 N–H and O–H groups in total. The van der Waals surface area contributed by atoms with Crippen molar-refractivity contribution in [2.45, 2.75) is 0 Å². The highest BCUT2D eigenvalue weighted by atomic mass is 16.2. The normalized spacial score (nSPS) is 13.8. The van der Waals surface area contributed by atoms with Crippen molar-refractivity contribution in [3.05, 3.63) is 84.2 Å². The maximum atomic E-state index is 13.0. The van der Waals surface area contributed by atoms with E-state index in [4.69, 9.17) is 0 Å². The van der Waals surface area contributed by atoms with Crippen LogP contribution in [0.15, 0.2) is 72.9 Å². The second-order valence-corrected chi connectivity index (χ2v) is 8.37. The SMILES string of the molecule is O=C(c1ccc(Nc2nc3ccccc3n3nnnc23)cc1)N1CCN(C(=O)c2ccccn2)CC1. The molecule has 2 amide bonds. The zero-order valence-corrected chi connectivity index (χ0v) is 19.2. The van der Waals surface area contributed by atoms with Crippen molar-refractivity contribution in [2.75, 3.05) is 31.5 Å². The summed E-state index contributed by atoms with van der Waals surface area (Å²) in [5, 5.41) is 15.2. The van der Waals surface area contributed by atoms with Gasteiger partial charge in [-0.3, -0.25) is 14.6 Å². The first-order valence-electron chi connectivity index (χ1n) is 11.5. The van der Waals surface area contributed by atoms with Crippen LogP contribution in [0.1, 0.15) is 20.8 Å². The number of benzene rings is 2. The van der Waals surface area contributed by atoms with E-state index in [0.717, 1.165) is 16.7 Å². The second-order valence-electron chi connectivity index (χ2n) is 8.37. The molecule has 1 fully saturated rings. The molecule has 0 atom stereocenters. The van der Waals surface area contributed by atoms with E-state index < -0.39 is 0 Å². The lowest BCUT2D eigenvalue weighted by molar-refractivity contribution is 0.0532. The molecule has 0 bridgehead atoms. The van der Waals surface area contributed by atoms with Gasteiger partial charge in [0.2, 0.25) is 5.65 Å². The molecule has 4 heterocycles. The minimum Gasteiger partial charge on any atom is -0.337 e. The zero-order valence-electron chi connectivity index (χ0n) is 19.2. The predicted molar refractivity (Wildman–Crippen MR) is 132 cm³/mol. The Hall–Kier alpha value is -4.93. The largest absolute Gasteiger partial charge is 0.337 e. The van der Waals surface area contributed by atoms with Gasteiger partial charge in [0, 0.05) is 43.6 Å². The monoisotopic (exact) mass is 479 g/mol. The van der Waals surface area contributed by atoms with Crippen LogP contribution in [-0.2, 0) is 0 Å². The average Bonchev–Trinajstić information content (AvgIpc) is 3.44. The van der Waals surface area contributed by atoms with Gasteiger partial charge in [-0.1, -0.05) is 18.2 Å². The molecule has 11 heteroatoms. The number of tetrazole rings is 1. The average molecular weight is 480 g/mol. The maximum absolute atomic E-state index is 13.0. The molecule has 1 aliphatic heterocycles. The van der Waals surface area contributed by atoms with Gasteiger partial charge in [0.1, 0.15) is 5.69 Å². The Morgan fingerprint density at radius 1 is 0.806 bits per heavy atom. The van der Waals surface area contributed by atoms with Gasteiger partial charge < -0.3 is 15.1 Å². The number of para-hydroxylation sites is 2. The number of fused-ring (bicyclic) bond motifs is 3. The topological polar surface area (TPSA) is 122 Å². The summed E-state index contributed by atoms with van der Waals surface area (Å²) < 4.78 is 1.64. The molecule has 6 rings (SSSR count). The quantitative estimate of drug-likeness (QED) is 0.417. The molecule has 178 valence electrons. The number of hydrogen-bond donors (Lipinski definition) is 1. The van der Waals surface area contributed by atoms with Crippen LogP contribution in [0.2, 0.25) is 0 Å². The molecule has 1 aliphatic rings. The van der Waals surface area contributed by atoms with Crippen LogP contribution in [0.4, 0.5) is 11.5 Å². The summed E-state index contributed by atoms with van der Waals surface area (Å²) in [4.78, 5) is 37.9. The van der Waals surface area contributed by atoms with Crippen molar-refractivity contribution in [1.82, 2.24) is 39.8 Å². The van der Waals surface area contributed by atoms with Crippen molar-refractivity contribution in [2.24, 2.45) is 0 Å². The summed E-state index contributed by atoms with van der Waals surface area (Å²) in [6.07, 6.45) is 1.60. The van der Waals surface area contributed by atoms with Gasteiger partial charge in [0.05, 0.1) is 11.0 Å². The highest BCUT2D eigenvalue weighted by Gasteiger charge is 2.26. The van der Waals surface area contributed by atoms with Gasteiger partial charge in [0.15, 0.2) is 5.82 Å². The van der Waals surface area contributed by atoms with Crippen LogP contribution < -0.4 is 5.32 Å². The molecule has 0 saturated carbocycles. The minimum atomic E-state index is -0.114. The lowest BCUT2D eigenvalue weighted by Crippen LogP contribution is -2.50. The van der Waals surface area contributed by atoms with E-state index in [0.29, 0.717) is 48.9 Å². The molecule has 0 aliphatic carbocycles. The van der Waals surface area contributed by atoms with Gasteiger partial charge in [0.25, 0.3) is 11.8 Å². The summed E-state index contributed by atoms with van der Waals surface area (Å²) in [5.74, 6) is 0.336. The van der Waals surface area contributed by atoms with Crippen molar-refractivity contribution in [3.8, 4) is 0 Å². The van der Waals surface area contributed by atoms with Crippen LogP contribution in [0.25, 0.3) is 16.7 Å². The Bertz CT molecular complexity index is 1560. The Morgan fingerprint density at radius 2 is 1.53 bits per heavy atom. The van der Waals surface area contributed by atoms with E-state index >= 15 is 0 Å². The number of hydrogen-bond acceptors (Lipinski definition) is 8. The highest BCUT2D eigenvalue weighted by molar-refractivity contribution is 5.95. The summed E-state index contributed by atoms with van der Waals surface area (Å²) in [6, 6.07) is 20.1. The molecule has 11 nitrogen and oxygen atoms in total. The standard InChI is InChI=1S/C25H21N9O2/c35-24(32-13-15-33(16-14-32)25(36)20-6-3-4-12-26-20)17-8-10-18(11-9-17)27-22-23-29-30-31-34(23)21-7-2-1-5-19(21)28-22/h1-12H,13-16H2,(H,27,28). The molecule has 5 aromatic rings. The third-order valence-corrected chi connectivity index (χ3v) is 6.16. The number of aromatic nitrogens is 6. The molecule has 0 spiro atoms. The highest BCUT2D eigenvalue weighted by Crippen LogP contribution is 2.23. The number of nitrogens with zero attached hydrogens (tertiary/aromatic N) is 8. The Balaban J connectivity index is 1.13. The summed E-state index contributed by atoms with van der Waals surface area (Å²) in [7, 11) is 0. The summed E-state index contributed by atoms with van der Waals surface area (Å²) in [6.45, 7) is 1.88. The van der Waals surface area contributed by atoms with E-state index in [1.165, 1.54) is 0 Å². The maximum Gasteiger partial charge on any atom is 0.272 e. The van der Waals surface area contributed by atoms with Gasteiger partial charge in [-0.15, -0.1) is 5.10 Å². The summed E-state index contributed by atoms with van der Waals surface area (Å²) >= 11 is 0. The number of rotatable bonds is 4. The first-order valence-corrected chi connectivity index (χ1v) is 11.5. The second kappa shape index (κ2) is 9.02. The Kier molecular flexibility index (Phi) is 5.41. The van der Waals surface area contributed by atoms with Crippen molar-refractivity contribution in [1.29, 1.82) is 0 Å². The molecule has 0 radical (unpaired) electrons. The van der Waals surface area contributed by atoms with E-state index in [2.05, 4.69) is 30.8 Å². The number of anilines is 2. The fourth-order valence-corrected chi connectivity index (χ4v) is 4.27. The van der Waals surface area contributed by atoms with Crippen LogP contribution in [0.3, 0.4) is 0 Å². The number of pyridine rings is 1. The van der Waals surface area contributed by atoms with Gasteiger partial charge in [-0.25, -0.2) is 4.98 Å². The van der Waals surface area contributed by atoms with Gasteiger partial charge in [-0.2, -0.15) is 4.52 Å². The first kappa shape index (κ1) is 21.6. The third-order valence-electron chi connectivity index (χ3n) is 6.16. The first-order chi connectivity index (χ1) is 17.7. The van der Waals surface area contributed by atoms with Crippen LogP contribution in [0.5, 0.6) is 0 Å². The third kappa shape index (κ3) is 3.96. The van der Waals surface area contributed by atoms with Gasteiger partial charge >= 0.3 is 0 Å². The predicted octanol–water partition coefficient (Wildman–Crippen LogP) is 2.41. The van der Waals surface area contributed by atoms with E-state index in [1.807, 2.05) is 36.4 Å². The fourth-order valence-electron chi connectivity index (χ4n) is 4.27. The lowest BCUT2D eigenvalue weighted by Gasteiger charge is -2.34.